The number of fused-ring (bicyclic) bond motifs is 2. The highest BCUT2D eigenvalue weighted by Crippen LogP contribution is 2.63. The Morgan fingerprint density at radius 3 is 2.67 bits per heavy atom. The average molecular weight is 308 g/mol. The van der Waals surface area contributed by atoms with Gasteiger partial charge in [0.05, 0.1) is 0 Å². The van der Waals surface area contributed by atoms with E-state index >= 15 is 0 Å². The molecule has 0 aromatic heterocycles. The van der Waals surface area contributed by atoms with Gasteiger partial charge in [-0.2, -0.15) is 0 Å². The maximum atomic E-state index is 3.81. The number of hydrogen-bond acceptors (Lipinski definition) is 1. The molecule has 2 aliphatic carbocycles. The Morgan fingerprint density at radius 1 is 1.28 bits per heavy atom. The van der Waals surface area contributed by atoms with Crippen molar-refractivity contribution in [2.24, 2.45) is 16.7 Å². The van der Waals surface area contributed by atoms with Crippen LogP contribution in [0.5, 0.6) is 0 Å². The molecule has 0 aliphatic heterocycles. The molecule has 1 nitrogen and oxygen atoms in total. The standard InChI is InChI=1S/C16H22BrN/c1-15(2)11-7-8-16(3,10-11)14(15)18-13-6-4-5-12(17)9-13/h4-6,9,11,14,18H,7-8,10H2,1-3H3. The van der Waals surface area contributed by atoms with Crippen LogP contribution in [0.4, 0.5) is 5.69 Å². The second kappa shape index (κ2) is 4.00. The van der Waals surface area contributed by atoms with Crippen molar-refractivity contribution in [3.05, 3.63) is 28.7 Å². The highest BCUT2D eigenvalue weighted by molar-refractivity contribution is 9.10. The number of halogens is 1. The molecule has 2 bridgehead atoms. The first-order chi connectivity index (χ1) is 8.42. The topological polar surface area (TPSA) is 12.0 Å². The third kappa shape index (κ3) is 1.80. The van der Waals surface area contributed by atoms with E-state index < -0.39 is 0 Å². The van der Waals surface area contributed by atoms with Gasteiger partial charge in [-0.25, -0.2) is 0 Å². The Hall–Kier alpha value is -0.500. The lowest BCUT2D eigenvalue weighted by Gasteiger charge is -2.43. The van der Waals surface area contributed by atoms with Crippen LogP contribution >= 0.6 is 15.9 Å². The van der Waals surface area contributed by atoms with E-state index in [0.717, 1.165) is 10.4 Å². The zero-order valence-corrected chi connectivity index (χ0v) is 13.0. The summed E-state index contributed by atoms with van der Waals surface area (Å²) in [5, 5.41) is 3.81. The van der Waals surface area contributed by atoms with Crippen LogP contribution < -0.4 is 5.32 Å². The van der Waals surface area contributed by atoms with Crippen molar-refractivity contribution >= 4 is 21.6 Å². The van der Waals surface area contributed by atoms with E-state index in [1.165, 1.54) is 24.9 Å². The van der Waals surface area contributed by atoms with E-state index in [2.05, 4.69) is 66.3 Å². The highest BCUT2D eigenvalue weighted by atomic mass is 79.9. The van der Waals surface area contributed by atoms with Crippen molar-refractivity contribution in [2.45, 2.75) is 46.1 Å². The summed E-state index contributed by atoms with van der Waals surface area (Å²) in [6.07, 6.45) is 4.19. The fourth-order valence-electron chi connectivity index (χ4n) is 4.41. The van der Waals surface area contributed by atoms with Gasteiger partial charge in [-0.3, -0.25) is 0 Å². The normalized spacial score (nSPS) is 36.9. The van der Waals surface area contributed by atoms with Crippen molar-refractivity contribution in [3.63, 3.8) is 0 Å². The first-order valence-electron chi connectivity index (χ1n) is 6.94. The van der Waals surface area contributed by atoms with Gasteiger partial charge in [0.2, 0.25) is 0 Å². The lowest BCUT2D eigenvalue weighted by atomic mass is 9.68. The zero-order chi connectivity index (χ0) is 13.0. The second-order valence-electron chi connectivity index (χ2n) is 7.00. The van der Waals surface area contributed by atoms with Gasteiger partial charge < -0.3 is 5.32 Å². The first-order valence-corrected chi connectivity index (χ1v) is 7.73. The Bertz CT molecular complexity index is 463. The van der Waals surface area contributed by atoms with Crippen LogP contribution in [-0.4, -0.2) is 6.04 Å². The number of benzene rings is 1. The molecular formula is C16H22BrN. The minimum Gasteiger partial charge on any atom is -0.381 e. The smallest absolute Gasteiger partial charge is 0.0368 e. The van der Waals surface area contributed by atoms with E-state index in [1.807, 2.05) is 0 Å². The summed E-state index contributed by atoms with van der Waals surface area (Å²) in [4.78, 5) is 0. The summed E-state index contributed by atoms with van der Waals surface area (Å²) in [7, 11) is 0. The third-order valence-corrected chi connectivity index (χ3v) is 5.90. The van der Waals surface area contributed by atoms with Gasteiger partial charge >= 0.3 is 0 Å². The summed E-state index contributed by atoms with van der Waals surface area (Å²) >= 11 is 3.55. The second-order valence-corrected chi connectivity index (χ2v) is 7.92. The molecule has 3 unspecified atom stereocenters. The minimum absolute atomic E-state index is 0.412. The van der Waals surface area contributed by atoms with Crippen LogP contribution in [0, 0.1) is 16.7 Å². The van der Waals surface area contributed by atoms with E-state index in [0.29, 0.717) is 16.9 Å². The largest absolute Gasteiger partial charge is 0.381 e. The molecule has 2 aliphatic rings. The van der Waals surface area contributed by atoms with E-state index in [-0.39, 0.29) is 0 Å². The van der Waals surface area contributed by atoms with Gasteiger partial charge in [-0.1, -0.05) is 42.8 Å². The van der Waals surface area contributed by atoms with Gasteiger partial charge in [0, 0.05) is 16.2 Å². The third-order valence-electron chi connectivity index (χ3n) is 5.41. The molecule has 1 aromatic carbocycles. The van der Waals surface area contributed by atoms with Crippen molar-refractivity contribution in [1.82, 2.24) is 0 Å². The summed E-state index contributed by atoms with van der Waals surface area (Å²) in [6, 6.07) is 9.15. The summed E-state index contributed by atoms with van der Waals surface area (Å²) in [6.45, 7) is 7.35. The van der Waals surface area contributed by atoms with Gasteiger partial charge in [0.25, 0.3) is 0 Å². The zero-order valence-electron chi connectivity index (χ0n) is 11.5. The summed E-state index contributed by atoms with van der Waals surface area (Å²) in [5.41, 5.74) is 2.14. The molecule has 0 radical (unpaired) electrons. The van der Waals surface area contributed by atoms with Crippen molar-refractivity contribution in [3.8, 4) is 0 Å². The summed E-state index contributed by atoms with van der Waals surface area (Å²) < 4.78 is 1.15. The predicted octanol–water partition coefficient (Wildman–Crippen LogP) is 5.08. The molecule has 18 heavy (non-hydrogen) atoms. The Kier molecular flexibility index (Phi) is 2.78. The van der Waals surface area contributed by atoms with Crippen molar-refractivity contribution in [2.75, 3.05) is 5.32 Å². The molecule has 2 heteroatoms. The molecule has 1 aromatic rings. The van der Waals surface area contributed by atoms with Crippen LogP contribution in [0.3, 0.4) is 0 Å². The maximum Gasteiger partial charge on any atom is 0.0368 e. The maximum absolute atomic E-state index is 3.81. The molecule has 0 heterocycles. The minimum atomic E-state index is 0.412. The van der Waals surface area contributed by atoms with Gasteiger partial charge in [-0.15, -0.1) is 0 Å². The molecule has 0 amide bonds. The number of rotatable bonds is 2. The molecule has 2 fully saturated rings. The molecule has 1 N–H and O–H groups in total. The number of hydrogen-bond donors (Lipinski definition) is 1. The van der Waals surface area contributed by atoms with E-state index in [9.17, 15) is 0 Å². The SMILES string of the molecule is CC12CCC(C1)C(C)(C)C2Nc1cccc(Br)c1. The molecule has 0 saturated heterocycles. The van der Waals surface area contributed by atoms with Gasteiger partial charge in [0.1, 0.15) is 0 Å². The lowest BCUT2D eigenvalue weighted by molar-refractivity contribution is 0.155. The Labute approximate surface area is 118 Å². The van der Waals surface area contributed by atoms with Crippen molar-refractivity contribution in [1.29, 1.82) is 0 Å². The molecule has 0 spiro atoms. The van der Waals surface area contributed by atoms with Gasteiger partial charge in [-0.05, 0) is 54.2 Å². The molecule has 3 atom stereocenters. The monoisotopic (exact) mass is 307 g/mol. The highest BCUT2D eigenvalue weighted by Gasteiger charge is 2.59. The number of nitrogens with one attached hydrogen (secondary N) is 1. The summed E-state index contributed by atoms with van der Waals surface area (Å²) in [5.74, 6) is 0.896. The van der Waals surface area contributed by atoms with E-state index in [4.69, 9.17) is 0 Å². The molecule has 2 saturated carbocycles. The average Bonchev–Trinajstić information content (AvgIpc) is 2.76. The lowest BCUT2D eigenvalue weighted by Crippen LogP contribution is -2.45. The predicted molar refractivity (Wildman–Crippen MR) is 80.8 cm³/mol. The Morgan fingerprint density at radius 2 is 2.06 bits per heavy atom. The molecule has 98 valence electrons. The van der Waals surface area contributed by atoms with Crippen LogP contribution in [0.25, 0.3) is 0 Å². The fraction of sp³-hybridized carbons (Fsp3) is 0.625. The van der Waals surface area contributed by atoms with Crippen LogP contribution in [0.15, 0.2) is 28.7 Å². The first kappa shape index (κ1) is 12.5. The molecule has 3 rings (SSSR count). The molecular weight excluding hydrogens is 286 g/mol. The van der Waals surface area contributed by atoms with Crippen LogP contribution in [-0.2, 0) is 0 Å². The Balaban J connectivity index is 1.88. The fourth-order valence-corrected chi connectivity index (χ4v) is 4.81. The van der Waals surface area contributed by atoms with Crippen LogP contribution in [0.1, 0.15) is 40.0 Å². The van der Waals surface area contributed by atoms with Crippen LogP contribution in [0.2, 0.25) is 0 Å². The quantitative estimate of drug-likeness (QED) is 0.803. The number of anilines is 1. The van der Waals surface area contributed by atoms with Crippen molar-refractivity contribution < 1.29 is 0 Å². The van der Waals surface area contributed by atoms with Gasteiger partial charge in [0.15, 0.2) is 0 Å². The van der Waals surface area contributed by atoms with E-state index in [1.54, 1.807) is 0 Å².